The Bertz CT molecular complexity index is 1320. The third kappa shape index (κ3) is 4.74. The van der Waals surface area contributed by atoms with Crippen molar-refractivity contribution in [2.45, 2.75) is 12.4 Å². The fourth-order valence-electron chi connectivity index (χ4n) is 3.39. The van der Waals surface area contributed by atoms with Crippen LogP contribution in [0.1, 0.15) is 11.1 Å². The number of hydrogen-bond donors (Lipinski definition) is 0. The second kappa shape index (κ2) is 8.82. The summed E-state index contributed by atoms with van der Waals surface area (Å²) in [4.78, 5) is 20.3. The summed E-state index contributed by atoms with van der Waals surface area (Å²) >= 11 is 0. The first-order valence-corrected chi connectivity index (χ1v) is 9.75. The number of benzene rings is 3. The third-order valence-corrected chi connectivity index (χ3v) is 5.23. The molecule has 34 heavy (non-hydrogen) atoms. The molecule has 7 nitrogen and oxygen atoms in total. The molecule has 0 N–H and O–H groups in total. The van der Waals surface area contributed by atoms with E-state index in [9.17, 15) is 51.1 Å². The Morgan fingerprint density at radius 1 is 0.706 bits per heavy atom. The maximum atomic E-state index is 14.3. The van der Waals surface area contributed by atoms with Gasteiger partial charge in [-0.1, -0.05) is 24.3 Å². The smallest absolute Gasteiger partial charge is 0.269 e. The van der Waals surface area contributed by atoms with Gasteiger partial charge in [0.05, 0.1) is 26.3 Å². The minimum absolute atomic E-state index is 0.228. The molecule has 0 aliphatic rings. The highest BCUT2D eigenvalue weighted by molar-refractivity contribution is 7.34. The third-order valence-electron chi connectivity index (χ3n) is 4.69. The Kier molecular flexibility index (Phi) is 6.43. The van der Waals surface area contributed by atoms with E-state index in [-0.39, 0.29) is 6.07 Å². The monoisotopic (exact) mass is 502 g/mol. The van der Waals surface area contributed by atoms with Gasteiger partial charge in [0.1, 0.15) is 0 Å². The molecule has 14 heteroatoms. The zero-order valence-corrected chi connectivity index (χ0v) is 17.2. The summed E-state index contributed by atoms with van der Waals surface area (Å²) in [5.74, 6) is 0. The van der Waals surface area contributed by atoms with Gasteiger partial charge in [0.2, 0.25) is 0 Å². The summed E-state index contributed by atoms with van der Waals surface area (Å²) in [5, 5.41) is 21.3. The quantitative estimate of drug-likeness (QED) is 0.165. The topological polar surface area (TPSA) is 103 Å². The molecule has 0 bridgehead atoms. The van der Waals surface area contributed by atoms with E-state index in [0.717, 1.165) is 36.4 Å². The molecule has 0 spiro atoms. The van der Waals surface area contributed by atoms with Crippen molar-refractivity contribution >= 4 is 25.1 Å². The molecule has 0 aromatic heterocycles. The fourth-order valence-corrected chi connectivity index (χ4v) is 3.90. The van der Waals surface area contributed by atoms with E-state index < -0.39 is 80.7 Å². The number of nitro groups is 2. The van der Waals surface area contributed by atoms with Crippen molar-refractivity contribution < 1.29 is 40.8 Å². The van der Waals surface area contributed by atoms with Gasteiger partial charge in [0.25, 0.3) is 11.4 Å². The van der Waals surface area contributed by atoms with Crippen LogP contribution >= 0.6 is 8.46 Å². The Labute approximate surface area is 187 Å². The van der Waals surface area contributed by atoms with Crippen LogP contribution < -0.4 is 5.30 Å². The zero-order chi connectivity index (χ0) is 25.4. The largest absolute Gasteiger partial charge is 0.417 e. The Morgan fingerprint density at radius 2 is 1.18 bits per heavy atom. The molecule has 176 valence electrons. The molecule has 0 atom stereocenters. The first-order chi connectivity index (χ1) is 15.8. The number of nitro benzene ring substituents is 2. The van der Waals surface area contributed by atoms with Crippen LogP contribution in [0, 0.1) is 20.2 Å². The molecule has 0 fully saturated rings. The summed E-state index contributed by atoms with van der Waals surface area (Å²) < 4.78 is 96.4. The van der Waals surface area contributed by atoms with Gasteiger partial charge in [-0.15, -0.1) is 0 Å². The Morgan fingerprint density at radius 3 is 1.56 bits per heavy atom. The molecule has 0 radical (unpaired) electrons. The lowest BCUT2D eigenvalue weighted by Crippen LogP contribution is -2.20. The molecule has 0 amide bonds. The predicted octanol–water partition coefficient (Wildman–Crippen LogP) is 6.79. The van der Waals surface area contributed by atoms with Gasteiger partial charge in [-0.2, -0.15) is 26.3 Å². The normalized spacial score (nSPS) is 12.1. The van der Waals surface area contributed by atoms with E-state index >= 15 is 0 Å². The zero-order valence-electron chi connectivity index (χ0n) is 16.3. The molecule has 3 rings (SSSR count). The molecule has 3 aromatic carbocycles. The molecule has 0 saturated carbocycles. The summed E-state index contributed by atoms with van der Waals surface area (Å²) in [6, 6.07) is 7.06. The molecular weight excluding hydrogens is 493 g/mol. The highest BCUT2D eigenvalue weighted by Gasteiger charge is 2.45. The number of non-ortho nitro benzene ring substituents is 2. The van der Waals surface area contributed by atoms with Crippen molar-refractivity contribution in [2.24, 2.45) is 0 Å². The van der Waals surface area contributed by atoms with Crippen LogP contribution in [-0.2, 0) is 16.9 Å². The van der Waals surface area contributed by atoms with Gasteiger partial charge < -0.3 is 0 Å². The number of alkyl halides is 6. The maximum absolute atomic E-state index is 14.3. The van der Waals surface area contributed by atoms with Gasteiger partial charge in [0, 0.05) is 35.4 Å². The van der Waals surface area contributed by atoms with Crippen LogP contribution in [-0.4, -0.2) is 9.85 Å². The fraction of sp³-hybridized carbons (Fsp3) is 0.100. The first-order valence-electron chi connectivity index (χ1n) is 8.94. The van der Waals surface area contributed by atoms with E-state index in [0.29, 0.717) is 12.1 Å². The van der Waals surface area contributed by atoms with Crippen LogP contribution in [0.15, 0.2) is 54.6 Å². The SMILES string of the molecule is O=Pc1cc(C(F)(F)F)c(-c2cccc([N+](=O)[O-])c2)c(C(F)(F)F)c1-c1cccc([N+](=O)[O-])c1. The second-order valence-corrected chi connectivity index (χ2v) is 7.43. The van der Waals surface area contributed by atoms with Gasteiger partial charge in [-0.05, 0) is 17.2 Å². The van der Waals surface area contributed by atoms with Crippen molar-refractivity contribution in [1.29, 1.82) is 0 Å². The van der Waals surface area contributed by atoms with Crippen molar-refractivity contribution in [1.82, 2.24) is 0 Å². The molecule has 0 heterocycles. The Hall–Kier alpha value is -3.86. The van der Waals surface area contributed by atoms with Gasteiger partial charge in [0.15, 0.2) is 8.46 Å². The van der Waals surface area contributed by atoms with Crippen molar-refractivity contribution in [3.63, 3.8) is 0 Å². The summed E-state index contributed by atoms with van der Waals surface area (Å²) in [6.07, 6.45) is -10.9. The summed E-state index contributed by atoms with van der Waals surface area (Å²) in [7, 11) is -1.22. The maximum Gasteiger partial charge on any atom is 0.417 e. The number of nitrogens with zero attached hydrogens (tertiary/aromatic N) is 2. The number of rotatable bonds is 5. The minimum atomic E-state index is -5.49. The van der Waals surface area contributed by atoms with Crippen molar-refractivity contribution in [3.05, 3.63) is 86.0 Å². The summed E-state index contributed by atoms with van der Waals surface area (Å²) in [6.45, 7) is 0. The van der Waals surface area contributed by atoms with Crippen LogP contribution in [0.2, 0.25) is 0 Å². The highest BCUT2D eigenvalue weighted by atomic mass is 31.1. The van der Waals surface area contributed by atoms with Gasteiger partial charge in [-0.25, -0.2) is 0 Å². The lowest BCUT2D eigenvalue weighted by molar-refractivity contribution is -0.385. The molecular formula is C20H9F6N2O5P. The number of halogens is 6. The highest BCUT2D eigenvalue weighted by Crippen LogP contribution is 2.49. The standard InChI is InChI=1S/C20H9F6N2O5P/c21-19(22,23)14-9-15(34-33)17(11-4-2-6-13(8-11)28(31)32)18(20(24,25)26)16(14)10-3-1-5-12(7-10)27(29)30/h1-9H. The number of hydrogen-bond acceptors (Lipinski definition) is 5. The van der Waals surface area contributed by atoms with Gasteiger partial charge >= 0.3 is 12.4 Å². The molecule has 0 aliphatic carbocycles. The van der Waals surface area contributed by atoms with Crippen LogP contribution in [0.3, 0.4) is 0 Å². The van der Waals surface area contributed by atoms with E-state index in [1.54, 1.807) is 0 Å². The van der Waals surface area contributed by atoms with Crippen molar-refractivity contribution in [3.8, 4) is 22.3 Å². The van der Waals surface area contributed by atoms with E-state index in [1.165, 1.54) is 0 Å². The lowest BCUT2D eigenvalue weighted by Gasteiger charge is -2.23. The van der Waals surface area contributed by atoms with Gasteiger partial charge in [-0.3, -0.25) is 24.8 Å². The lowest BCUT2D eigenvalue weighted by atomic mass is 9.87. The van der Waals surface area contributed by atoms with Crippen molar-refractivity contribution in [2.75, 3.05) is 0 Å². The summed E-state index contributed by atoms with van der Waals surface area (Å²) in [5.41, 5.74) is -8.83. The van der Waals surface area contributed by atoms with Crippen LogP contribution in [0.25, 0.3) is 22.3 Å². The molecule has 0 aliphatic heterocycles. The van der Waals surface area contributed by atoms with E-state index in [1.807, 2.05) is 0 Å². The predicted molar refractivity (Wildman–Crippen MR) is 108 cm³/mol. The minimum Gasteiger partial charge on any atom is -0.269 e. The van der Waals surface area contributed by atoms with Crippen LogP contribution in [0.4, 0.5) is 37.7 Å². The average Bonchev–Trinajstić information content (AvgIpc) is 2.76. The molecule has 0 unspecified atom stereocenters. The Balaban J connectivity index is 2.59. The second-order valence-electron chi connectivity index (χ2n) is 6.77. The van der Waals surface area contributed by atoms with E-state index in [4.69, 9.17) is 0 Å². The average molecular weight is 502 g/mol. The molecule has 3 aromatic rings. The molecule has 0 saturated heterocycles. The van der Waals surface area contributed by atoms with Crippen LogP contribution in [0.5, 0.6) is 0 Å². The first kappa shape index (κ1) is 24.8. The van der Waals surface area contributed by atoms with E-state index in [2.05, 4.69) is 0 Å².